The van der Waals surface area contributed by atoms with Crippen molar-refractivity contribution in [2.24, 2.45) is 5.41 Å². The summed E-state index contributed by atoms with van der Waals surface area (Å²) in [5.74, 6) is 1.08. The molecule has 25 heavy (non-hydrogen) atoms. The molecule has 1 saturated heterocycles. The summed E-state index contributed by atoms with van der Waals surface area (Å²) in [4.78, 5) is 31.3. The van der Waals surface area contributed by atoms with Crippen molar-refractivity contribution in [3.63, 3.8) is 0 Å². The van der Waals surface area contributed by atoms with Crippen molar-refractivity contribution in [3.05, 3.63) is 42.2 Å². The minimum Gasteiger partial charge on any atom is -0.345 e. The summed E-state index contributed by atoms with van der Waals surface area (Å²) in [6.07, 6.45) is 13.1. The van der Waals surface area contributed by atoms with E-state index < -0.39 is 0 Å². The van der Waals surface area contributed by atoms with Crippen molar-refractivity contribution in [1.82, 2.24) is 25.3 Å². The standard InChI is InChI=1S/C18H22N6O/c25-16(21-13-15-19-7-2-8-20-15)14-11-22-17(23-12-14)24-9-5-18(6-10-24)3-1-4-18/h2,7-8,11-12H,1,3-6,9-10,13H2,(H,21,25). The smallest absolute Gasteiger partial charge is 0.254 e. The minimum absolute atomic E-state index is 0.217. The highest BCUT2D eigenvalue weighted by atomic mass is 16.1. The maximum atomic E-state index is 12.2. The molecule has 2 aliphatic rings. The maximum absolute atomic E-state index is 12.2. The number of nitrogens with zero attached hydrogens (tertiary/aromatic N) is 5. The lowest BCUT2D eigenvalue weighted by Crippen LogP contribution is -2.44. The first-order chi connectivity index (χ1) is 12.2. The van der Waals surface area contributed by atoms with Crippen LogP contribution in [0.25, 0.3) is 0 Å². The Bertz CT molecular complexity index is 719. The SMILES string of the molecule is O=C(NCc1ncccn1)c1cnc(N2CCC3(CCC3)CC2)nc1. The third-order valence-corrected chi connectivity index (χ3v) is 5.45. The summed E-state index contributed by atoms with van der Waals surface area (Å²) in [5, 5.41) is 2.78. The first kappa shape index (κ1) is 15.9. The topological polar surface area (TPSA) is 83.9 Å². The molecule has 4 rings (SSSR count). The van der Waals surface area contributed by atoms with Crippen LogP contribution in [0, 0.1) is 5.41 Å². The fraction of sp³-hybridized carbons (Fsp3) is 0.500. The molecular weight excluding hydrogens is 316 g/mol. The van der Waals surface area contributed by atoms with E-state index in [1.54, 1.807) is 30.9 Å². The lowest BCUT2D eigenvalue weighted by atomic mass is 9.63. The maximum Gasteiger partial charge on any atom is 0.254 e. The van der Waals surface area contributed by atoms with Crippen LogP contribution in [-0.2, 0) is 6.54 Å². The van der Waals surface area contributed by atoms with E-state index in [1.165, 1.54) is 32.1 Å². The van der Waals surface area contributed by atoms with Gasteiger partial charge in [0.2, 0.25) is 5.95 Å². The Morgan fingerprint density at radius 1 is 1.04 bits per heavy atom. The molecule has 1 N–H and O–H groups in total. The van der Waals surface area contributed by atoms with Gasteiger partial charge in [-0.05, 0) is 37.2 Å². The summed E-state index contributed by atoms with van der Waals surface area (Å²) >= 11 is 0. The molecule has 130 valence electrons. The second-order valence-electron chi connectivity index (χ2n) is 6.96. The summed E-state index contributed by atoms with van der Waals surface area (Å²) < 4.78 is 0. The molecule has 2 fully saturated rings. The summed E-state index contributed by atoms with van der Waals surface area (Å²) in [6, 6.07) is 1.74. The number of rotatable bonds is 4. The van der Waals surface area contributed by atoms with Crippen LogP contribution in [0.3, 0.4) is 0 Å². The molecule has 2 aromatic heterocycles. The van der Waals surface area contributed by atoms with Gasteiger partial charge in [0.25, 0.3) is 5.91 Å². The lowest BCUT2D eigenvalue weighted by molar-refractivity contribution is 0.0947. The predicted octanol–water partition coefficient (Wildman–Crippen LogP) is 1.97. The zero-order valence-corrected chi connectivity index (χ0v) is 14.2. The highest BCUT2D eigenvalue weighted by Gasteiger charge is 2.39. The van der Waals surface area contributed by atoms with Crippen LogP contribution in [0.5, 0.6) is 0 Å². The Morgan fingerprint density at radius 3 is 2.32 bits per heavy atom. The van der Waals surface area contributed by atoms with Crippen LogP contribution in [-0.4, -0.2) is 38.9 Å². The van der Waals surface area contributed by atoms with E-state index in [-0.39, 0.29) is 12.5 Å². The molecule has 0 radical (unpaired) electrons. The highest BCUT2D eigenvalue weighted by molar-refractivity contribution is 5.93. The number of piperidine rings is 1. The molecule has 7 heteroatoms. The molecule has 1 aliphatic heterocycles. The monoisotopic (exact) mass is 338 g/mol. The molecule has 0 atom stereocenters. The molecule has 0 aromatic carbocycles. The predicted molar refractivity (Wildman–Crippen MR) is 93.0 cm³/mol. The van der Waals surface area contributed by atoms with Crippen LogP contribution >= 0.6 is 0 Å². The number of hydrogen-bond donors (Lipinski definition) is 1. The summed E-state index contributed by atoms with van der Waals surface area (Å²) in [5.41, 5.74) is 1.06. The number of amides is 1. The Balaban J connectivity index is 1.33. The molecule has 2 aromatic rings. The van der Waals surface area contributed by atoms with Crippen molar-refractivity contribution in [3.8, 4) is 0 Å². The van der Waals surface area contributed by atoms with Gasteiger partial charge in [-0.25, -0.2) is 19.9 Å². The number of hydrogen-bond acceptors (Lipinski definition) is 6. The molecule has 1 aliphatic carbocycles. The number of nitrogens with one attached hydrogen (secondary N) is 1. The van der Waals surface area contributed by atoms with Crippen molar-refractivity contribution in [2.45, 2.75) is 38.6 Å². The molecule has 0 bridgehead atoms. The molecular formula is C18H22N6O. The van der Waals surface area contributed by atoms with E-state index >= 15 is 0 Å². The van der Waals surface area contributed by atoms with E-state index in [4.69, 9.17) is 0 Å². The van der Waals surface area contributed by atoms with E-state index in [1.807, 2.05) is 0 Å². The Labute approximate surface area is 146 Å². The molecule has 1 spiro atoms. The van der Waals surface area contributed by atoms with Crippen molar-refractivity contribution >= 4 is 11.9 Å². The van der Waals surface area contributed by atoms with Crippen LogP contribution in [0.15, 0.2) is 30.9 Å². The van der Waals surface area contributed by atoms with Crippen LogP contribution < -0.4 is 10.2 Å². The Hall–Kier alpha value is -2.57. The van der Waals surface area contributed by atoms with E-state index in [0.717, 1.165) is 19.0 Å². The summed E-state index contributed by atoms with van der Waals surface area (Å²) in [6.45, 7) is 2.31. The minimum atomic E-state index is -0.217. The Morgan fingerprint density at radius 2 is 1.72 bits per heavy atom. The van der Waals surface area contributed by atoms with Crippen molar-refractivity contribution in [2.75, 3.05) is 18.0 Å². The second kappa shape index (κ2) is 6.74. The number of aromatic nitrogens is 4. The van der Waals surface area contributed by atoms with Crippen molar-refractivity contribution < 1.29 is 4.79 Å². The van der Waals surface area contributed by atoms with E-state index in [9.17, 15) is 4.79 Å². The normalized spacial score (nSPS) is 18.6. The van der Waals surface area contributed by atoms with Gasteiger partial charge in [0.05, 0.1) is 12.1 Å². The van der Waals surface area contributed by atoms with Crippen molar-refractivity contribution in [1.29, 1.82) is 0 Å². The average Bonchev–Trinajstić information content (AvgIpc) is 2.66. The van der Waals surface area contributed by atoms with Gasteiger partial charge in [0.1, 0.15) is 5.82 Å². The fourth-order valence-corrected chi connectivity index (χ4v) is 3.64. The van der Waals surface area contributed by atoms with Gasteiger partial charge in [0, 0.05) is 37.9 Å². The highest BCUT2D eigenvalue weighted by Crippen LogP contribution is 2.48. The number of carbonyl (C=O) groups excluding carboxylic acids is 1. The van der Waals surface area contributed by atoms with Gasteiger partial charge in [-0.1, -0.05) is 6.42 Å². The summed E-state index contributed by atoms with van der Waals surface area (Å²) in [7, 11) is 0. The Kier molecular flexibility index (Phi) is 4.29. The largest absolute Gasteiger partial charge is 0.345 e. The average molecular weight is 338 g/mol. The van der Waals surface area contributed by atoms with Crippen LogP contribution in [0.1, 0.15) is 48.3 Å². The molecule has 3 heterocycles. The zero-order valence-electron chi connectivity index (χ0n) is 14.2. The zero-order chi connectivity index (χ0) is 17.1. The van der Waals surface area contributed by atoms with Gasteiger partial charge in [-0.2, -0.15) is 0 Å². The fourth-order valence-electron chi connectivity index (χ4n) is 3.64. The van der Waals surface area contributed by atoms with Gasteiger partial charge < -0.3 is 10.2 Å². The molecule has 1 amide bonds. The first-order valence-corrected chi connectivity index (χ1v) is 8.85. The van der Waals surface area contributed by atoms with Gasteiger partial charge in [0.15, 0.2) is 0 Å². The lowest BCUT2D eigenvalue weighted by Gasteiger charge is -2.47. The third kappa shape index (κ3) is 3.45. The first-order valence-electron chi connectivity index (χ1n) is 8.85. The quantitative estimate of drug-likeness (QED) is 0.917. The van der Waals surface area contributed by atoms with E-state index in [0.29, 0.717) is 16.8 Å². The van der Waals surface area contributed by atoms with Gasteiger partial charge >= 0.3 is 0 Å². The number of carbonyl (C=O) groups is 1. The van der Waals surface area contributed by atoms with Gasteiger partial charge in [-0.3, -0.25) is 4.79 Å². The second-order valence-corrected chi connectivity index (χ2v) is 6.96. The molecule has 1 saturated carbocycles. The van der Waals surface area contributed by atoms with E-state index in [2.05, 4.69) is 30.2 Å². The van der Waals surface area contributed by atoms with Gasteiger partial charge in [-0.15, -0.1) is 0 Å². The van der Waals surface area contributed by atoms with Crippen LogP contribution in [0.4, 0.5) is 5.95 Å². The molecule has 0 unspecified atom stereocenters. The molecule has 7 nitrogen and oxygen atoms in total. The third-order valence-electron chi connectivity index (χ3n) is 5.45. The number of anilines is 1. The van der Waals surface area contributed by atoms with Crippen LogP contribution in [0.2, 0.25) is 0 Å².